The molecule has 1 saturated heterocycles. The lowest BCUT2D eigenvalue weighted by molar-refractivity contribution is -0.384. The molecule has 2 atom stereocenters. The summed E-state index contributed by atoms with van der Waals surface area (Å²) in [6.45, 7) is 4.09. The first kappa shape index (κ1) is 17.0. The van der Waals surface area contributed by atoms with Gasteiger partial charge in [-0.3, -0.25) is 15.0 Å². The molecule has 0 amide bonds. The van der Waals surface area contributed by atoms with Crippen LogP contribution in [0.2, 0.25) is 0 Å². The predicted octanol–water partition coefficient (Wildman–Crippen LogP) is 3.31. The van der Waals surface area contributed by atoms with E-state index in [9.17, 15) is 15.2 Å². The molecule has 2 heterocycles. The highest BCUT2D eigenvalue weighted by atomic mass is 32.1. The van der Waals surface area contributed by atoms with E-state index in [-0.39, 0.29) is 17.2 Å². The van der Waals surface area contributed by atoms with Crippen molar-refractivity contribution in [3.8, 4) is 10.6 Å². The molecule has 1 fully saturated rings. The van der Waals surface area contributed by atoms with E-state index >= 15 is 0 Å². The fraction of sp³-hybridized carbons (Fsp3) is 0.471. The molecule has 2 unspecified atom stereocenters. The number of nitrogens with zero attached hydrogens (tertiary/aromatic N) is 3. The van der Waals surface area contributed by atoms with Crippen LogP contribution in [0.4, 0.5) is 5.69 Å². The van der Waals surface area contributed by atoms with Gasteiger partial charge in [0, 0.05) is 48.8 Å². The molecule has 0 radical (unpaired) electrons. The first-order valence-corrected chi connectivity index (χ1v) is 8.99. The third-order valence-electron chi connectivity index (χ3n) is 4.59. The van der Waals surface area contributed by atoms with Gasteiger partial charge < -0.3 is 5.11 Å². The van der Waals surface area contributed by atoms with Crippen LogP contribution in [0.3, 0.4) is 0 Å². The van der Waals surface area contributed by atoms with E-state index < -0.39 is 0 Å². The molecule has 1 aliphatic rings. The summed E-state index contributed by atoms with van der Waals surface area (Å²) in [5.41, 5.74) is 1.84. The monoisotopic (exact) mass is 347 g/mol. The van der Waals surface area contributed by atoms with E-state index in [1.54, 1.807) is 12.1 Å². The maximum atomic E-state index is 10.9. The maximum Gasteiger partial charge on any atom is 0.270 e. The summed E-state index contributed by atoms with van der Waals surface area (Å²) in [6.07, 6.45) is 2.16. The number of hydrogen-bond donors (Lipinski definition) is 1. The Balaban J connectivity index is 1.73. The van der Waals surface area contributed by atoms with Crippen molar-refractivity contribution in [2.75, 3.05) is 13.2 Å². The van der Waals surface area contributed by atoms with Gasteiger partial charge in [-0.1, -0.05) is 12.1 Å². The topological polar surface area (TPSA) is 79.5 Å². The molecule has 7 heteroatoms. The molecule has 1 aliphatic heterocycles. The summed E-state index contributed by atoms with van der Waals surface area (Å²) >= 11 is 1.51. The number of nitro benzene ring substituents is 1. The largest absolute Gasteiger partial charge is 0.396 e. The number of non-ortho nitro benzene ring substituents is 1. The Morgan fingerprint density at radius 3 is 3.04 bits per heavy atom. The summed E-state index contributed by atoms with van der Waals surface area (Å²) in [5.74, 6) is 0.344. The first-order valence-electron chi connectivity index (χ1n) is 8.11. The number of piperidine rings is 1. The fourth-order valence-electron chi connectivity index (χ4n) is 3.10. The van der Waals surface area contributed by atoms with Gasteiger partial charge in [0.1, 0.15) is 5.01 Å². The molecule has 1 N–H and O–H groups in total. The quantitative estimate of drug-likeness (QED) is 0.663. The number of likely N-dealkylation sites (tertiary alicyclic amines) is 1. The second-order valence-electron chi connectivity index (χ2n) is 6.36. The minimum Gasteiger partial charge on any atom is -0.396 e. The zero-order valence-corrected chi connectivity index (χ0v) is 14.4. The van der Waals surface area contributed by atoms with E-state index in [1.807, 2.05) is 11.4 Å². The van der Waals surface area contributed by atoms with Gasteiger partial charge in [-0.25, -0.2) is 4.98 Å². The van der Waals surface area contributed by atoms with Crippen molar-refractivity contribution >= 4 is 17.0 Å². The van der Waals surface area contributed by atoms with Crippen LogP contribution in [0.15, 0.2) is 29.6 Å². The van der Waals surface area contributed by atoms with Gasteiger partial charge in [0.25, 0.3) is 5.69 Å². The Bertz CT molecular complexity index is 719. The van der Waals surface area contributed by atoms with Crippen molar-refractivity contribution in [1.29, 1.82) is 0 Å². The molecule has 0 aliphatic carbocycles. The van der Waals surface area contributed by atoms with Crippen LogP contribution in [0, 0.1) is 16.0 Å². The van der Waals surface area contributed by atoms with Gasteiger partial charge in [0.15, 0.2) is 0 Å². The van der Waals surface area contributed by atoms with Crippen molar-refractivity contribution in [2.45, 2.75) is 32.4 Å². The normalized spacial score (nSPS) is 21.8. The molecule has 0 saturated carbocycles. The Kier molecular flexibility index (Phi) is 5.23. The van der Waals surface area contributed by atoms with Crippen molar-refractivity contribution in [3.05, 3.63) is 45.5 Å². The highest BCUT2D eigenvalue weighted by molar-refractivity contribution is 7.13. The molecule has 2 aromatic rings. The van der Waals surface area contributed by atoms with Gasteiger partial charge in [0.05, 0.1) is 10.6 Å². The maximum absolute atomic E-state index is 10.9. The average Bonchev–Trinajstić information content (AvgIpc) is 3.05. The van der Waals surface area contributed by atoms with Gasteiger partial charge in [0.2, 0.25) is 0 Å². The minimum atomic E-state index is -0.386. The Labute approximate surface area is 144 Å². The summed E-state index contributed by atoms with van der Waals surface area (Å²) in [5, 5.41) is 23.1. The van der Waals surface area contributed by atoms with Crippen LogP contribution in [0.1, 0.15) is 25.5 Å². The highest BCUT2D eigenvalue weighted by Gasteiger charge is 2.25. The SMILES string of the molecule is CC1CCC(CO)CN1Cc1csc(-c2cccc([N+](=O)[O-])c2)n1. The molecule has 1 aromatic carbocycles. The third-order valence-corrected chi connectivity index (χ3v) is 5.53. The minimum absolute atomic E-state index is 0.0830. The second-order valence-corrected chi connectivity index (χ2v) is 7.21. The zero-order valence-electron chi connectivity index (χ0n) is 13.6. The number of benzene rings is 1. The van der Waals surface area contributed by atoms with Crippen molar-refractivity contribution in [2.24, 2.45) is 5.92 Å². The van der Waals surface area contributed by atoms with Crippen LogP contribution < -0.4 is 0 Å². The van der Waals surface area contributed by atoms with E-state index in [4.69, 9.17) is 0 Å². The number of hydrogen-bond acceptors (Lipinski definition) is 6. The summed E-state index contributed by atoms with van der Waals surface area (Å²) in [7, 11) is 0. The average molecular weight is 347 g/mol. The molecule has 24 heavy (non-hydrogen) atoms. The van der Waals surface area contributed by atoms with E-state index in [0.29, 0.717) is 12.0 Å². The van der Waals surface area contributed by atoms with Crippen LogP contribution in [-0.2, 0) is 6.54 Å². The van der Waals surface area contributed by atoms with Gasteiger partial charge in [-0.15, -0.1) is 11.3 Å². The second kappa shape index (κ2) is 7.38. The summed E-state index contributed by atoms with van der Waals surface area (Å²) in [4.78, 5) is 17.5. The molecule has 128 valence electrons. The van der Waals surface area contributed by atoms with E-state index in [1.165, 1.54) is 17.4 Å². The summed E-state index contributed by atoms with van der Waals surface area (Å²) < 4.78 is 0. The lowest BCUT2D eigenvalue weighted by Crippen LogP contribution is -2.42. The lowest BCUT2D eigenvalue weighted by Gasteiger charge is -2.36. The number of aliphatic hydroxyl groups is 1. The molecule has 0 bridgehead atoms. The van der Waals surface area contributed by atoms with Crippen molar-refractivity contribution in [1.82, 2.24) is 9.88 Å². The molecular weight excluding hydrogens is 326 g/mol. The number of rotatable bonds is 5. The van der Waals surface area contributed by atoms with Crippen LogP contribution in [-0.4, -0.2) is 39.1 Å². The number of thiazole rings is 1. The van der Waals surface area contributed by atoms with E-state index in [2.05, 4.69) is 16.8 Å². The van der Waals surface area contributed by atoms with Crippen LogP contribution in [0.5, 0.6) is 0 Å². The number of aromatic nitrogens is 1. The summed E-state index contributed by atoms with van der Waals surface area (Å²) in [6, 6.07) is 7.07. The van der Waals surface area contributed by atoms with Crippen LogP contribution >= 0.6 is 11.3 Å². The van der Waals surface area contributed by atoms with Crippen molar-refractivity contribution in [3.63, 3.8) is 0 Å². The standard InChI is InChI=1S/C17H21N3O3S/c1-12-5-6-13(10-21)8-19(12)9-15-11-24-17(18-15)14-3-2-4-16(7-14)20(22)23/h2-4,7,11-13,21H,5-6,8-10H2,1H3. The van der Waals surface area contributed by atoms with Crippen molar-refractivity contribution < 1.29 is 10.0 Å². The molecular formula is C17H21N3O3S. The number of aliphatic hydroxyl groups excluding tert-OH is 1. The Morgan fingerprint density at radius 2 is 2.29 bits per heavy atom. The van der Waals surface area contributed by atoms with Gasteiger partial charge >= 0.3 is 0 Å². The molecule has 3 rings (SSSR count). The Hall–Kier alpha value is -1.83. The predicted molar refractivity (Wildman–Crippen MR) is 93.9 cm³/mol. The molecule has 1 aromatic heterocycles. The smallest absolute Gasteiger partial charge is 0.270 e. The number of nitro groups is 1. The van der Waals surface area contributed by atoms with Crippen LogP contribution in [0.25, 0.3) is 10.6 Å². The van der Waals surface area contributed by atoms with E-state index in [0.717, 1.165) is 42.2 Å². The zero-order chi connectivity index (χ0) is 17.1. The lowest BCUT2D eigenvalue weighted by atomic mass is 9.94. The molecule has 6 nitrogen and oxygen atoms in total. The third kappa shape index (κ3) is 3.80. The van der Waals surface area contributed by atoms with Gasteiger partial charge in [-0.05, 0) is 25.7 Å². The fourth-order valence-corrected chi connectivity index (χ4v) is 3.91. The first-order chi connectivity index (χ1) is 11.6. The highest BCUT2D eigenvalue weighted by Crippen LogP contribution is 2.29. The Morgan fingerprint density at radius 1 is 1.46 bits per heavy atom. The van der Waals surface area contributed by atoms with Gasteiger partial charge in [-0.2, -0.15) is 0 Å². The molecule has 0 spiro atoms.